The lowest BCUT2D eigenvalue weighted by Gasteiger charge is -2.16. The van der Waals surface area contributed by atoms with Gasteiger partial charge in [0.15, 0.2) is 5.13 Å². The highest BCUT2D eigenvalue weighted by Crippen LogP contribution is 2.22. The summed E-state index contributed by atoms with van der Waals surface area (Å²) in [5.41, 5.74) is 0.872. The molecule has 0 radical (unpaired) electrons. The third kappa shape index (κ3) is 4.80. The van der Waals surface area contributed by atoms with E-state index in [0.29, 0.717) is 0 Å². The Hall–Kier alpha value is -1.97. The Kier molecular flexibility index (Phi) is 5.90. The molecule has 1 aromatic carbocycles. The second-order valence-corrected chi connectivity index (χ2v) is 8.92. The number of thiazole rings is 1. The van der Waals surface area contributed by atoms with Crippen LogP contribution in [0.25, 0.3) is 0 Å². The summed E-state index contributed by atoms with van der Waals surface area (Å²) in [6.45, 7) is 3.50. The molecule has 0 aliphatic carbocycles. The predicted molar refractivity (Wildman–Crippen MR) is 102 cm³/mol. The number of aryl methyl sites for hydroxylation is 1. The molecule has 2 heterocycles. The van der Waals surface area contributed by atoms with Crippen molar-refractivity contribution in [2.45, 2.75) is 30.7 Å². The molecule has 26 heavy (non-hydrogen) atoms. The van der Waals surface area contributed by atoms with E-state index in [2.05, 4.69) is 19.9 Å². The number of hydrogen-bond acceptors (Lipinski definition) is 6. The van der Waals surface area contributed by atoms with E-state index in [9.17, 15) is 13.2 Å². The van der Waals surface area contributed by atoms with Gasteiger partial charge in [0.05, 0.1) is 4.90 Å². The van der Waals surface area contributed by atoms with Crippen molar-refractivity contribution in [3.63, 3.8) is 0 Å². The summed E-state index contributed by atoms with van der Waals surface area (Å²) in [4.78, 5) is 18.7. The Labute approximate surface area is 157 Å². The van der Waals surface area contributed by atoms with Crippen LogP contribution in [0.2, 0.25) is 0 Å². The summed E-state index contributed by atoms with van der Waals surface area (Å²) < 4.78 is 26.9. The number of nitrogens with one attached hydrogen (secondary N) is 2. The highest BCUT2D eigenvalue weighted by Gasteiger charge is 2.25. The number of anilines is 1. The molecule has 1 unspecified atom stereocenters. The number of hydrogen-bond donors (Lipinski definition) is 2. The summed E-state index contributed by atoms with van der Waals surface area (Å²) in [5.74, 6) is -0.150. The van der Waals surface area contributed by atoms with Gasteiger partial charge >= 0.3 is 0 Å². The van der Waals surface area contributed by atoms with Crippen LogP contribution in [0.5, 0.6) is 0 Å². The van der Waals surface area contributed by atoms with E-state index in [1.165, 1.54) is 0 Å². The van der Waals surface area contributed by atoms with Crippen LogP contribution in [-0.4, -0.2) is 45.0 Å². The Morgan fingerprint density at radius 2 is 2.27 bits per heavy atom. The zero-order chi connectivity index (χ0) is 18.6. The monoisotopic (exact) mass is 394 g/mol. The second-order valence-electron chi connectivity index (χ2n) is 6.28. The number of rotatable bonds is 7. The van der Waals surface area contributed by atoms with Crippen molar-refractivity contribution < 1.29 is 13.2 Å². The molecule has 140 valence electrons. The first-order valence-electron chi connectivity index (χ1n) is 8.44. The van der Waals surface area contributed by atoms with Gasteiger partial charge in [0.25, 0.3) is 0 Å². The van der Waals surface area contributed by atoms with Gasteiger partial charge in [0.1, 0.15) is 0 Å². The molecule has 3 rings (SSSR count). The number of carbonyl (C=O) groups excluding carboxylic acids is 1. The number of carbonyl (C=O) groups is 1. The number of nitrogens with zero attached hydrogens (tertiary/aromatic N) is 2. The van der Waals surface area contributed by atoms with Crippen molar-refractivity contribution in [1.82, 2.24) is 15.0 Å². The average Bonchev–Trinajstić information content (AvgIpc) is 3.26. The molecule has 1 aliphatic rings. The second kappa shape index (κ2) is 8.15. The van der Waals surface area contributed by atoms with Crippen LogP contribution in [0.4, 0.5) is 5.13 Å². The molecule has 2 N–H and O–H groups in total. The van der Waals surface area contributed by atoms with E-state index in [0.717, 1.165) is 30.2 Å². The summed E-state index contributed by atoms with van der Waals surface area (Å²) in [7, 11) is -3.59. The first kappa shape index (κ1) is 18.8. The first-order valence-corrected chi connectivity index (χ1v) is 10.8. The van der Waals surface area contributed by atoms with E-state index in [4.69, 9.17) is 0 Å². The SMILES string of the molecule is Cc1cccc(S(=O)(=O)NCCC(=O)NC2CCN(c3nccs3)C2)c1. The minimum Gasteiger partial charge on any atom is -0.351 e. The predicted octanol–water partition coefficient (Wildman–Crippen LogP) is 1.52. The van der Waals surface area contributed by atoms with Crippen molar-refractivity contribution in [3.05, 3.63) is 41.4 Å². The molecule has 1 saturated heterocycles. The zero-order valence-corrected chi connectivity index (χ0v) is 16.1. The third-order valence-corrected chi connectivity index (χ3v) is 6.48. The number of aromatic nitrogens is 1. The minimum absolute atomic E-state index is 0.0692. The Morgan fingerprint density at radius 1 is 1.42 bits per heavy atom. The molecule has 1 aromatic heterocycles. The molecule has 1 atom stereocenters. The maximum atomic E-state index is 12.2. The van der Waals surface area contributed by atoms with Crippen LogP contribution in [0, 0.1) is 6.92 Å². The summed E-state index contributed by atoms with van der Waals surface area (Å²) in [6, 6.07) is 6.75. The van der Waals surface area contributed by atoms with Crippen LogP contribution in [0.1, 0.15) is 18.4 Å². The van der Waals surface area contributed by atoms with E-state index < -0.39 is 10.0 Å². The summed E-state index contributed by atoms with van der Waals surface area (Å²) >= 11 is 1.58. The minimum atomic E-state index is -3.59. The molecular formula is C17H22N4O3S2. The Bertz CT molecular complexity index is 853. The number of sulfonamides is 1. The lowest BCUT2D eigenvalue weighted by atomic mass is 10.2. The molecule has 9 heteroatoms. The van der Waals surface area contributed by atoms with E-state index >= 15 is 0 Å². The average molecular weight is 395 g/mol. The van der Waals surface area contributed by atoms with Gasteiger partial charge in [0, 0.05) is 43.7 Å². The van der Waals surface area contributed by atoms with E-state index in [-0.39, 0.29) is 29.8 Å². The number of amides is 1. The van der Waals surface area contributed by atoms with Gasteiger partial charge in [-0.3, -0.25) is 4.79 Å². The fourth-order valence-corrected chi connectivity index (χ4v) is 4.70. The smallest absolute Gasteiger partial charge is 0.240 e. The molecule has 2 aromatic rings. The van der Waals surface area contributed by atoms with Gasteiger partial charge in [-0.15, -0.1) is 11.3 Å². The Balaban J connectivity index is 1.43. The van der Waals surface area contributed by atoms with Gasteiger partial charge in [-0.25, -0.2) is 18.1 Å². The topological polar surface area (TPSA) is 91.4 Å². The molecule has 1 amide bonds. The zero-order valence-electron chi connectivity index (χ0n) is 14.5. The quantitative estimate of drug-likeness (QED) is 0.743. The van der Waals surface area contributed by atoms with Crippen LogP contribution in [-0.2, 0) is 14.8 Å². The maximum absolute atomic E-state index is 12.2. The molecule has 0 bridgehead atoms. The highest BCUT2D eigenvalue weighted by atomic mass is 32.2. The van der Waals surface area contributed by atoms with Crippen molar-refractivity contribution in [1.29, 1.82) is 0 Å². The van der Waals surface area contributed by atoms with Gasteiger partial charge in [0.2, 0.25) is 15.9 Å². The van der Waals surface area contributed by atoms with Gasteiger partial charge in [-0.1, -0.05) is 12.1 Å². The van der Waals surface area contributed by atoms with Crippen molar-refractivity contribution in [2.24, 2.45) is 0 Å². The highest BCUT2D eigenvalue weighted by molar-refractivity contribution is 7.89. The largest absolute Gasteiger partial charge is 0.351 e. The third-order valence-electron chi connectivity index (χ3n) is 4.19. The van der Waals surface area contributed by atoms with Gasteiger partial charge in [-0.2, -0.15) is 0 Å². The fraction of sp³-hybridized carbons (Fsp3) is 0.412. The van der Waals surface area contributed by atoms with Gasteiger partial charge in [-0.05, 0) is 31.0 Å². The van der Waals surface area contributed by atoms with Gasteiger partial charge < -0.3 is 10.2 Å². The molecule has 7 nitrogen and oxygen atoms in total. The van der Waals surface area contributed by atoms with Crippen LogP contribution in [0.15, 0.2) is 40.7 Å². The van der Waals surface area contributed by atoms with E-state index in [1.54, 1.807) is 35.7 Å². The van der Waals surface area contributed by atoms with Crippen LogP contribution in [0.3, 0.4) is 0 Å². The first-order chi connectivity index (χ1) is 12.4. The molecule has 0 spiro atoms. The van der Waals surface area contributed by atoms with Crippen molar-refractivity contribution in [3.8, 4) is 0 Å². The molecule has 0 saturated carbocycles. The molecule has 1 aliphatic heterocycles. The molecule has 1 fully saturated rings. The summed E-state index contributed by atoms with van der Waals surface area (Å²) in [6.07, 6.45) is 2.74. The Morgan fingerprint density at radius 3 is 3.00 bits per heavy atom. The van der Waals surface area contributed by atoms with Crippen molar-refractivity contribution >= 4 is 32.4 Å². The fourth-order valence-electron chi connectivity index (χ4n) is 2.89. The normalized spacial score (nSPS) is 17.4. The lowest BCUT2D eigenvalue weighted by Crippen LogP contribution is -2.38. The van der Waals surface area contributed by atoms with Crippen LogP contribution >= 0.6 is 11.3 Å². The van der Waals surface area contributed by atoms with Crippen LogP contribution < -0.4 is 14.9 Å². The van der Waals surface area contributed by atoms with E-state index in [1.807, 2.05) is 18.4 Å². The maximum Gasteiger partial charge on any atom is 0.240 e. The standard InChI is InChI=1S/C17H22N4O3S2/c1-13-3-2-4-15(11-13)26(23,24)19-7-5-16(22)20-14-6-9-21(12-14)17-18-8-10-25-17/h2-4,8,10-11,14,19H,5-7,9,12H2,1H3,(H,20,22). The summed E-state index contributed by atoms with van der Waals surface area (Å²) in [5, 5.41) is 5.86. The lowest BCUT2D eigenvalue weighted by molar-refractivity contribution is -0.121. The molecular weight excluding hydrogens is 372 g/mol. The number of benzene rings is 1. The van der Waals surface area contributed by atoms with Crippen molar-refractivity contribution in [2.75, 3.05) is 24.5 Å².